The van der Waals surface area contributed by atoms with E-state index in [1.54, 1.807) is 0 Å². The van der Waals surface area contributed by atoms with Crippen molar-refractivity contribution in [2.24, 2.45) is 0 Å². The number of aryl methyl sites for hydroxylation is 1. The zero-order valence-corrected chi connectivity index (χ0v) is 10.3. The van der Waals surface area contributed by atoms with Crippen LogP contribution in [0.2, 0.25) is 0 Å². The molecule has 1 nitrogen and oxygen atoms in total. The molecule has 0 saturated heterocycles. The first-order chi connectivity index (χ1) is 7.33. The molecule has 0 bridgehead atoms. The van der Waals surface area contributed by atoms with E-state index < -0.39 is 0 Å². The molecule has 0 aliphatic rings. The number of thiophene rings is 2. The fourth-order valence-corrected chi connectivity index (χ4v) is 4.16. The second kappa shape index (κ2) is 3.22. The van der Waals surface area contributed by atoms with Gasteiger partial charge in [-0.3, -0.25) is 0 Å². The quantitative estimate of drug-likeness (QED) is 0.654. The standard InChI is InChI=1S/C12H11NS2/c1-7-8-3-5-14-11(8)10(13-2)12-9(7)4-6-15-12/h3-6,13H,1-2H3. The zero-order valence-electron chi connectivity index (χ0n) is 8.63. The summed E-state index contributed by atoms with van der Waals surface area (Å²) in [5.74, 6) is 0. The van der Waals surface area contributed by atoms with Crippen molar-refractivity contribution in [1.82, 2.24) is 0 Å². The Morgan fingerprint density at radius 3 is 2.00 bits per heavy atom. The number of hydrogen-bond acceptors (Lipinski definition) is 3. The highest BCUT2D eigenvalue weighted by Gasteiger charge is 2.11. The number of hydrogen-bond donors (Lipinski definition) is 1. The Morgan fingerprint density at radius 2 is 1.53 bits per heavy atom. The van der Waals surface area contributed by atoms with Crippen molar-refractivity contribution < 1.29 is 0 Å². The maximum Gasteiger partial charge on any atom is 0.0700 e. The number of fused-ring (bicyclic) bond motifs is 2. The van der Waals surface area contributed by atoms with Crippen molar-refractivity contribution in [3.63, 3.8) is 0 Å². The van der Waals surface area contributed by atoms with Crippen molar-refractivity contribution in [3.05, 3.63) is 28.5 Å². The third-order valence-electron chi connectivity index (χ3n) is 2.84. The van der Waals surface area contributed by atoms with Crippen molar-refractivity contribution >= 4 is 48.5 Å². The van der Waals surface area contributed by atoms with Gasteiger partial charge < -0.3 is 5.32 Å². The SMILES string of the molecule is CNc1c2sccc2c(C)c2ccsc12. The lowest BCUT2D eigenvalue weighted by Gasteiger charge is -2.07. The normalized spacial score (nSPS) is 11.3. The summed E-state index contributed by atoms with van der Waals surface area (Å²) in [4.78, 5) is 0. The summed E-state index contributed by atoms with van der Waals surface area (Å²) in [7, 11) is 2.00. The Labute approximate surface area is 96.4 Å². The van der Waals surface area contributed by atoms with Gasteiger partial charge in [0.2, 0.25) is 0 Å². The molecule has 0 saturated carbocycles. The van der Waals surface area contributed by atoms with Gasteiger partial charge in [-0.2, -0.15) is 0 Å². The van der Waals surface area contributed by atoms with E-state index in [-0.39, 0.29) is 0 Å². The van der Waals surface area contributed by atoms with Crippen LogP contribution in [0, 0.1) is 6.92 Å². The van der Waals surface area contributed by atoms with Gasteiger partial charge in [-0.1, -0.05) is 0 Å². The van der Waals surface area contributed by atoms with E-state index in [0.29, 0.717) is 0 Å². The van der Waals surface area contributed by atoms with Crippen molar-refractivity contribution in [2.75, 3.05) is 12.4 Å². The fourth-order valence-electron chi connectivity index (χ4n) is 2.07. The molecule has 0 atom stereocenters. The van der Waals surface area contributed by atoms with Gasteiger partial charge in [-0.15, -0.1) is 22.7 Å². The lowest BCUT2D eigenvalue weighted by molar-refractivity contribution is 1.57. The van der Waals surface area contributed by atoms with Gasteiger partial charge in [-0.25, -0.2) is 0 Å². The molecule has 3 rings (SSSR count). The lowest BCUT2D eigenvalue weighted by Crippen LogP contribution is -1.89. The molecular weight excluding hydrogens is 222 g/mol. The molecule has 1 N–H and O–H groups in total. The van der Waals surface area contributed by atoms with Crippen LogP contribution in [-0.4, -0.2) is 7.05 Å². The van der Waals surface area contributed by atoms with Crippen LogP contribution in [-0.2, 0) is 0 Å². The Kier molecular flexibility index (Phi) is 1.97. The predicted molar refractivity (Wildman–Crippen MR) is 71.5 cm³/mol. The van der Waals surface area contributed by atoms with E-state index in [4.69, 9.17) is 0 Å². The van der Waals surface area contributed by atoms with E-state index >= 15 is 0 Å². The zero-order chi connectivity index (χ0) is 10.4. The summed E-state index contributed by atoms with van der Waals surface area (Å²) < 4.78 is 2.76. The van der Waals surface area contributed by atoms with Gasteiger partial charge in [0.05, 0.1) is 15.1 Å². The van der Waals surface area contributed by atoms with Crippen LogP contribution in [0.1, 0.15) is 5.56 Å². The van der Waals surface area contributed by atoms with Crippen LogP contribution >= 0.6 is 22.7 Å². The van der Waals surface area contributed by atoms with Gasteiger partial charge in [0.15, 0.2) is 0 Å². The largest absolute Gasteiger partial charge is 0.386 e. The maximum absolute atomic E-state index is 3.33. The van der Waals surface area contributed by atoms with E-state index in [1.165, 1.54) is 31.4 Å². The minimum Gasteiger partial charge on any atom is -0.386 e. The number of nitrogens with one attached hydrogen (secondary N) is 1. The molecule has 0 amide bonds. The van der Waals surface area contributed by atoms with Gasteiger partial charge in [0.25, 0.3) is 0 Å². The van der Waals surface area contributed by atoms with Gasteiger partial charge in [0.1, 0.15) is 0 Å². The summed E-state index contributed by atoms with van der Waals surface area (Å²) >= 11 is 3.63. The van der Waals surface area contributed by atoms with Crippen LogP contribution in [0.3, 0.4) is 0 Å². The molecule has 0 fully saturated rings. The third-order valence-corrected chi connectivity index (χ3v) is 4.71. The average molecular weight is 233 g/mol. The van der Waals surface area contributed by atoms with Crippen molar-refractivity contribution in [3.8, 4) is 0 Å². The highest BCUT2D eigenvalue weighted by molar-refractivity contribution is 7.21. The average Bonchev–Trinajstić information content (AvgIpc) is 2.85. The first-order valence-electron chi connectivity index (χ1n) is 4.87. The number of rotatable bonds is 1. The molecule has 15 heavy (non-hydrogen) atoms. The molecular formula is C12H11NS2. The first-order valence-corrected chi connectivity index (χ1v) is 6.63. The highest BCUT2D eigenvalue weighted by atomic mass is 32.1. The molecule has 76 valence electrons. The molecule has 1 aromatic carbocycles. The van der Waals surface area contributed by atoms with Gasteiger partial charge in [0, 0.05) is 7.05 Å². The van der Waals surface area contributed by atoms with E-state index in [0.717, 1.165) is 0 Å². The summed E-state index contributed by atoms with van der Waals surface area (Å²) in [5, 5.41) is 10.4. The fraction of sp³-hybridized carbons (Fsp3) is 0.167. The van der Waals surface area contributed by atoms with Crippen LogP contribution < -0.4 is 5.32 Å². The smallest absolute Gasteiger partial charge is 0.0700 e. The first kappa shape index (κ1) is 9.19. The summed E-state index contributed by atoms with van der Waals surface area (Å²) in [6.45, 7) is 2.21. The van der Waals surface area contributed by atoms with Gasteiger partial charge >= 0.3 is 0 Å². The summed E-state index contributed by atoms with van der Waals surface area (Å²) in [6.07, 6.45) is 0. The second-order valence-electron chi connectivity index (χ2n) is 3.58. The number of anilines is 1. The summed E-state index contributed by atoms with van der Waals surface area (Å²) in [6, 6.07) is 4.43. The van der Waals surface area contributed by atoms with E-state index in [2.05, 4.69) is 35.1 Å². The third kappa shape index (κ3) is 1.13. The molecule has 0 aliphatic carbocycles. The second-order valence-corrected chi connectivity index (χ2v) is 5.41. The minimum atomic E-state index is 1.29. The molecule has 3 heteroatoms. The lowest BCUT2D eigenvalue weighted by atomic mass is 10.1. The predicted octanol–water partition coefficient (Wildman–Crippen LogP) is 4.47. The Hall–Kier alpha value is -1.06. The molecule has 2 heterocycles. The molecule has 2 aromatic heterocycles. The monoisotopic (exact) mass is 233 g/mol. The van der Waals surface area contributed by atoms with Crippen LogP contribution in [0.25, 0.3) is 20.2 Å². The minimum absolute atomic E-state index is 1.29. The van der Waals surface area contributed by atoms with Crippen LogP contribution in [0.4, 0.5) is 5.69 Å². The molecule has 0 spiro atoms. The van der Waals surface area contributed by atoms with Crippen molar-refractivity contribution in [1.29, 1.82) is 0 Å². The van der Waals surface area contributed by atoms with Crippen molar-refractivity contribution in [2.45, 2.75) is 6.92 Å². The Bertz CT molecular complexity index is 582. The molecule has 3 aromatic rings. The Morgan fingerprint density at radius 1 is 1.00 bits per heavy atom. The molecule has 0 unspecified atom stereocenters. The Balaban J connectivity index is 2.64. The van der Waals surface area contributed by atoms with E-state index in [1.807, 2.05) is 29.7 Å². The number of benzene rings is 1. The summed E-state index contributed by atoms with van der Waals surface area (Å²) in [5.41, 5.74) is 2.69. The maximum atomic E-state index is 3.33. The topological polar surface area (TPSA) is 12.0 Å². The molecule has 0 aliphatic heterocycles. The highest BCUT2D eigenvalue weighted by Crippen LogP contribution is 2.41. The van der Waals surface area contributed by atoms with Gasteiger partial charge in [-0.05, 0) is 46.2 Å². The van der Waals surface area contributed by atoms with Crippen LogP contribution in [0.15, 0.2) is 22.9 Å². The van der Waals surface area contributed by atoms with E-state index in [9.17, 15) is 0 Å². The molecule has 0 radical (unpaired) electrons. The van der Waals surface area contributed by atoms with Crippen LogP contribution in [0.5, 0.6) is 0 Å².